The summed E-state index contributed by atoms with van der Waals surface area (Å²) in [6, 6.07) is 11.7. The molecule has 1 saturated heterocycles. The molecule has 1 unspecified atom stereocenters. The third-order valence-corrected chi connectivity index (χ3v) is 4.40. The molecule has 1 atom stereocenters. The van der Waals surface area contributed by atoms with Gasteiger partial charge in [0, 0.05) is 16.7 Å². The fourth-order valence-electron chi connectivity index (χ4n) is 2.78. The summed E-state index contributed by atoms with van der Waals surface area (Å²) in [6.45, 7) is 0.733. The molecule has 4 nitrogen and oxygen atoms in total. The van der Waals surface area contributed by atoms with Gasteiger partial charge in [-0.05, 0) is 47.9 Å². The first-order valence-corrected chi connectivity index (χ1v) is 7.84. The molecule has 2 aromatic carbocycles. The van der Waals surface area contributed by atoms with E-state index in [1.807, 2.05) is 36.4 Å². The zero-order valence-electron chi connectivity index (χ0n) is 11.6. The summed E-state index contributed by atoms with van der Waals surface area (Å²) in [5.74, 6) is 0. The Hall–Kier alpha value is -1.59. The molecular formula is C16H17BrN2O2. The molecule has 3 rings (SSSR count). The lowest BCUT2D eigenvalue weighted by atomic mass is 10.1. The highest BCUT2D eigenvalue weighted by Gasteiger charge is 2.27. The second kappa shape index (κ2) is 6.03. The summed E-state index contributed by atoms with van der Waals surface area (Å²) in [7, 11) is 0. The Morgan fingerprint density at radius 1 is 1.29 bits per heavy atom. The van der Waals surface area contributed by atoms with Crippen molar-refractivity contribution in [3.8, 4) is 0 Å². The van der Waals surface area contributed by atoms with Gasteiger partial charge >= 0.3 is 6.03 Å². The summed E-state index contributed by atoms with van der Waals surface area (Å²) >= 11 is 3.45. The summed E-state index contributed by atoms with van der Waals surface area (Å²) in [5, 5.41) is 14.4. The van der Waals surface area contributed by atoms with E-state index in [1.54, 1.807) is 4.90 Å². The number of carbonyl (C=O) groups is 1. The molecule has 0 aromatic heterocycles. The van der Waals surface area contributed by atoms with Crippen LogP contribution in [-0.2, 0) is 0 Å². The Morgan fingerprint density at radius 2 is 2.05 bits per heavy atom. The van der Waals surface area contributed by atoms with E-state index in [9.17, 15) is 9.90 Å². The smallest absolute Gasteiger partial charge is 0.322 e. The number of aliphatic hydroxyl groups excluding tert-OH is 1. The number of likely N-dealkylation sites (tertiary alicyclic amines) is 1. The van der Waals surface area contributed by atoms with Crippen LogP contribution >= 0.6 is 15.9 Å². The Morgan fingerprint density at radius 3 is 2.86 bits per heavy atom. The number of nitrogens with one attached hydrogen (secondary N) is 1. The quantitative estimate of drug-likeness (QED) is 0.871. The Labute approximate surface area is 131 Å². The van der Waals surface area contributed by atoms with Gasteiger partial charge in [0.15, 0.2) is 0 Å². The molecular weight excluding hydrogens is 332 g/mol. The van der Waals surface area contributed by atoms with E-state index in [1.165, 1.54) is 0 Å². The van der Waals surface area contributed by atoms with E-state index in [2.05, 4.69) is 21.2 Å². The number of aliphatic hydroxyl groups is 1. The van der Waals surface area contributed by atoms with Gasteiger partial charge in [0.1, 0.15) is 0 Å². The maximum absolute atomic E-state index is 12.3. The van der Waals surface area contributed by atoms with Crippen molar-refractivity contribution in [1.29, 1.82) is 0 Å². The first-order chi connectivity index (χ1) is 10.2. The summed E-state index contributed by atoms with van der Waals surface area (Å²) in [5.41, 5.74) is 0.776. The average Bonchev–Trinajstić information content (AvgIpc) is 2.96. The van der Waals surface area contributed by atoms with Gasteiger partial charge in [-0.25, -0.2) is 4.79 Å². The minimum absolute atomic E-state index is 0.0270. The average molecular weight is 349 g/mol. The van der Waals surface area contributed by atoms with E-state index in [0.717, 1.165) is 33.8 Å². The van der Waals surface area contributed by atoms with Crippen molar-refractivity contribution in [3.63, 3.8) is 0 Å². The highest BCUT2D eigenvalue weighted by molar-refractivity contribution is 9.10. The van der Waals surface area contributed by atoms with Crippen molar-refractivity contribution in [3.05, 3.63) is 40.9 Å². The standard InChI is InChI=1S/C16H17BrN2O2/c17-13-5-3-12-9-14(6-4-11(12)8-13)18-16(21)19-7-1-2-15(19)10-20/h3-6,8-9,15,20H,1-2,7,10H2,(H,18,21). The molecule has 2 aromatic rings. The van der Waals surface area contributed by atoms with Gasteiger partial charge in [0.2, 0.25) is 0 Å². The van der Waals surface area contributed by atoms with Crippen molar-refractivity contribution < 1.29 is 9.90 Å². The number of hydrogen-bond acceptors (Lipinski definition) is 2. The van der Waals surface area contributed by atoms with E-state index < -0.39 is 0 Å². The third-order valence-electron chi connectivity index (χ3n) is 3.90. The van der Waals surface area contributed by atoms with E-state index in [0.29, 0.717) is 6.54 Å². The minimum atomic E-state index is -0.136. The Kier molecular flexibility index (Phi) is 4.12. The monoisotopic (exact) mass is 348 g/mol. The number of benzene rings is 2. The molecule has 0 aliphatic carbocycles. The van der Waals surface area contributed by atoms with Gasteiger partial charge in [-0.1, -0.05) is 28.1 Å². The number of amides is 2. The summed E-state index contributed by atoms with van der Waals surface area (Å²) in [4.78, 5) is 14.0. The number of carbonyl (C=O) groups excluding carboxylic acids is 1. The number of halogens is 1. The predicted molar refractivity (Wildman–Crippen MR) is 87.5 cm³/mol. The first-order valence-electron chi connectivity index (χ1n) is 7.05. The molecule has 1 aliphatic rings. The highest BCUT2D eigenvalue weighted by atomic mass is 79.9. The fourth-order valence-corrected chi connectivity index (χ4v) is 3.16. The van der Waals surface area contributed by atoms with Gasteiger partial charge in [0.25, 0.3) is 0 Å². The van der Waals surface area contributed by atoms with Crippen LogP contribution in [0.2, 0.25) is 0 Å². The van der Waals surface area contributed by atoms with Crippen LogP contribution in [0.4, 0.5) is 10.5 Å². The third kappa shape index (κ3) is 3.04. The van der Waals surface area contributed by atoms with E-state index in [4.69, 9.17) is 0 Å². The van der Waals surface area contributed by atoms with Crippen LogP contribution in [0.15, 0.2) is 40.9 Å². The van der Waals surface area contributed by atoms with Gasteiger partial charge in [-0.2, -0.15) is 0 Å². The second-order valence-electron chi connectivity index (χ2n) is 5.31. The van der Waals surface area contributed by atoms with E-state index in [-0.39, 0.29) is 18.7 Å². The molecule has 5 heteroatoms. The predicted octanol–water partition coefficient (Wildman–Crippen LogP) is 3.59. The molecule has 21 heavy (non-hydrogen) atoms. The lowest BCUT2D eigenvalue weighted by molar-refractivity contribution is 0.166. The normalized spacial score (nSPS) is 18.2. The number of rotatable bonds is 2. The van der Waals surface area contributed by atoms with Crippen LogP contribution in [-0.4, -0.2) is 35.2 Å². The molecule has 2 amide bonds. The van der Waals surface area contributed by atoms with Crippen LogP contribution in [0.3, 0.4) is 0 Å². The molecule has 1 aliphatic heterocycles. The van der Waals surface area contributed by atoms with Gasteiger partial charge in [-0.15, -0.1) is 0 Å². The lowest BCUT2D eigenvalue weighted by Gasteiger charge is -2.23. The number of fused-ring (bicyclic) bond motifs is 1. The molecule has 1 heterocycles. The molecule has 0 bridgehead atoms. The second-order valence-corrected chi connectivity index (χ2v) is 6.22. The zero-order chi connectivity index (χ0) is 14.8. The van der Waals surface area contributed by atoms with Crippen molar-refractivity contribution in [2.75, 3.05) is 18.5 Å². The molecule has 0 spiro atoms. The first kappa shape index (κ1) is 14.4. The lowest BCUT2D eigenvalue weighted by Crippen LogP contribution is -2.40. The molecule has 0 radical (unpaired) electrons. The Bertz CT molecular complexity index is 674. The van der Waals surface area contributed by atoms with Crippen molar-refractivity contribution in [2.45, 2.75) is 18.9 Å². The van der Waals surface area contributed by atoms with Gasteiger partial charge in [0.05, 0.1) is 12.6 Å². The summed E-state index contributed by atoms with van der Waals surface area (Å²) in [6.07, 6.45) is 1.82. The number of nitrogens with zero attached hydrogens (tertiary/aromatic N) is 1. The van der Waals surface area contributed by atoms with Crippen LogP contribution in [0.5, 0.6) is 0 Å². The number of urea groups is 1. The highest BCUT2D eigenvalue weighted by Crippen LogP contribution is 2.24. The molecule has 0 saturated carbocycles. The largest absolute Gasteiger partial charge is 0.394 e. The van der Waals surface area contributed by atoms with E-state index >= 15 is 0 Å². The Balaban J connectivity index is 1.78. The van der Waals surface area contributed by atoms with Crippen LogP contribution in [0, 0.1) is 0 Å². The topological polar surface area (TPSA) is 52.6 Å². The maximum atomic E-state index is 12.3. The van der Waals surface area contributed by atoms with Crippen molar-refractivity contribution in [2.24, 2.45) is 0 Å². The van der Waals surface area contributed by atoms with Crippen molar-refractivity contribution in [1.82, 2.24) is 4.90 Å². The number of anilines is 1. The summed E-state index contributed by atoms with van der Waals surface area (Å²) < 4.78 is 1.04. The molecule has 1 fully saturated rings. The van der Waals surface area contributed by atoms with Crippen LogP contribution in [0.1, 0.15) is 12.8 Å². The minimum Gasteiger partial charge on any atom is -0.394 e. The SMILES string of the molecule is O=C(Nc1ccc2cc(Br)ccc2c1)N1CCCC1CO. The van der Waals surface area contributed by atoms with Gasteiger partial charge < -0.3 is 15.3 Å². The van der Waals surface area contributed by atoms with Crippen LogP contribution < -0.4 is 5.32 Å². The fraction of sp³-hybridized carbons (Fsp3) is 0.312. The van der Waals surface area contributed by atoms with Crippen LogP contribution in [0.25, 0.3) is 10.8 Å². The zero-order valence-corrected chi connectivity index (χ0v) is 13.1. The molecule has 2 N–H and O–H groups in total. The van der Waals surface area contributed by atoms with Gasteiger partial charge in [-0.3, -0.25) is 0 Å². The van der Waals surface area contributed by atoms with Crippen molar-refractivity contribution >= 4 is 38.4 Å². The maximum Gasteiger partial charge on any atom is 0.322 e. The number of hydrogen-bond donors (Lipinski definition) is 2. The molecule has 110 valence electrons.